The molecule has 3 N–H and O–H groups in total. The van der Waals surface area contributed by atoms with Crippen molar-refractivity contribution in [1.82, 2.24) is 10.2 Å². The van der Waals surface area contributed by atoms with E-state index in [0.29, 0.717) is 12.1 Å². The molecule has 1 aromatic rings. The van der Waals surface area contributed by atoms with Crippen molar-refractivity contribution >= 4 is 11.8 Å². The number of nitrogens with one attached hydrogen (secondary N) is 1. The zero-order valence-corrected chi connectivity index (χ0v) is 11.9. The van der Waals surface area contributed by atoms with Gasteiger partial charge < -0.3 is 16.0 Å². The molecular formula is C14H20FN3O2. The predicted octanol–water partition coefficient (Wildman–Crippen LogP) is 0.881. The first kappa shape index (κ1) is 16.1. The fourth-order valence-corrected chi connectivity index (χ4v) is 1.68. The molecule has 110 valence electrons. The second-order valence-corrected chi connectivity index (χ2v) is 4.63. The van der Waals surface area contributed by atoms with Crippen LogP contribution in [0.5, 0.6) is 0 Å². The van der Waals surface area contributed by atoms with Crippen LogP contribution in [0.4, 0.5) is 4.39 Å². The van der Waals surface area contributed by atoms with Crippen molar-refractivity contribution < 1.29 is 14.0 Å². The number of primary amides is 1. The standard InChI is InChI=1S/C14H20FN3O2/c1-4-18(3)14(20)9(2)17-8-11-6-5-10(13(16)19)7-12(11)15/h5-7,9,17H,4,8H2,1-3H3,(H2,16,19). The van der Waals surface area contributed by atoms with Crippen LogP contribution in [0.2, 0.25) is 0 Å². The molecule has 0 bridgehead atoms. The number of nitrogens with zero attached hydrogens (tertiary/aromatic N) is 1. The van der Waals surface area contributed by atoms with Crippen molar-refractivity contribution in [2.75, 3.05) is 13.6 Å². The molecule has 6 heteroatoms. The number of carbonyl (C=O) groups is 2. The molecule has 0 aliphatic carbocycles. The Morgan fingerprint density at radius 3 is 2.60 bits per heavy atom. The van der Waals surface area contributed by atoms with Gasteiger partial charge in [-0.15, -0.1) is 0 Å². The lowest BCUT2D eigenvalue weighted by Gasteiger charge is -2.20. The van der Waals surface area contributed by atoms with Crippen LogP contribution in [0.25, 0.3) is 0 Å². The van der Waals surface area contributed by atoms with Gasteiger partial charge in [0.25, 0.3) is 0 Å². The van der Waals surface area contributed by atoms with Gasteiger partial charge in [0.05, 0.1) is 6.04 Å². The molecule has 0 aliphatic rings. The number of nitrogens with two attached hydrogens (primary N) is 1. The van der Waals surface area contributed by atoms with Crippen LogP contribution in [-0.4, -0.2) is 36.3 Å². The summed E-state index contributed by atoms with van der Waals surface area (Å²) in [4.78, 5) is 24.3. The topological polar surface area (TPSA) is 75.4 Å². The monoisotopic (exact) mass is 281 g/mol. The lowest BCUT2D eigenvalue weighted by Crippen LogP contribution is -2.42. The van der Waals surface area contributed by atoms with E-state index < -0.39 is 17.8 Å². The van der Waals surface area contributed by atoms with Crippen molar-refractivity contribution in [3.63, 3.8) is 0 Å². The number of halogens is 1. The zero-order valence-electron chi connectivity index (χ0n) is 11.9. The first-order valence-corrected chi connectivity index (χ1v) is 6.43. The fraction of sp³-hybridized carbons (Fsp3) is 0.429. The van der Waals surface area contributed by atoms with Gasteiger partial charge in [-0.2, -0.15) is 0 Å². The molecule has 5 nitrogen and oxygen atoms in total. The fourth-order valence-electron chi connectivity index (χ4n) is 1.68. The van der Waals surface area contributed by atoms with Gasteiger partial charge in [-0.25, -0.2) is 4.39 Å². The summed E-state index contributed by atoms with van der Waals surface area (Å²) < 4.78 is 13.7. The molecule has 20 heavy (non-hydrogen) atoms. The largest absolute Gasteiger partial charge is 0.366 e. The number of amides is 2. The predicted molar refractivity (Wildman–Crippen MR) is 74.5 cm³/mol. The molecule has 1 rings (SSSR count). The Labute approximate surface area is 117 Å². The summed E-state index contributed by atoms with van der Waals surface area (Å²) >= 11 is 0. The minimum absolute atomic E-state index is 0.0540. The number of hydrogen-bond acceptors (Lipinski definition) is 3. The van der Waals surface area contributed by atoms with Gasteiger partial charge in [-0.05, 0) is 26.0 Å². The third-order valence-electron chi connectivity index (χ3n) is 3.16. The van der Waals surface area contributed by atoms with E-state index in [1.165, 1.54) is 12.1 Å². The Balaban J connectivity index is 2.66. The maximum atomic E-state index is 13.7. The maximum absolute atomic E-state index is 13.7. The smallest absolute Gasteiger partial charge is 0.248 e. The minimum Gasteiger partial charge on any atom is -0.366 e. The Hall–Kier alpha value is -1.95. The lowest BCUT2D eigenvalue weighted by atomic mass is 10.1. The highest BCUT2D eigenvalue weighted by atomic mass is 19.1. The molecule has 1 aromatic carbocycles. The SMILES string of the molecule is CCN(C)C(=O)C(C)NCc1ccc(C(N)=O)cc1F. The molecule has 0 aromatic heterocycles. The second kappa shape index (κ2) is 7.00. The van der Waals surface area contributed by atoms with Crippen LogP contribution < -0.4 is 11.1 Å². The van der Waals surface area contributed by atoms with Gasteiger partial charge >= 0.3 is 0 Å². The molecule has 0 spiro atoms. The Kier molecular flexibility index (Phi) is 5.64. The summed E-state index contributed by atoms with van der Waals surface area (Å²) in [6.45, 7) is 4.43. The Bertz CT molecular complexity index is 505. The normalized spacial score (nSPS) is 12.0. The van der Waals surface area contributed by atoms with E-state index in [1.54, 1.807) is 18.9 Å². The molecule has 0 fully saturated rings. The number of likely N-dealkylation sites (N-methyl/N-ethyl adjacent to an activating group) is 1. The Morgan fingerprint density at radius 1 is 1.45 bits per heavy atom. The molecule has 0 radical (unpaired) electrons. The van der Waals surface area contributed by atoms with Gasteiger partial charge in [0.15, 0.2) is 0 Å². The van der Waals surface area contributed by atoms with Crippen molar-refractivity contribution in [3.8, 4) is 0 Å². The lowest BCUT2D eigenvalue weighted by molar-refractivity contribution is -0.131. The highest BCUT2D eigenvalue weighted by Gasteiger charge is 2.16. The van der Waals surface area contributed by atoms with Crippen molar-refractivity contribution in [2.24, 2.45) is 5.73 Å². The van der Waals surface area contributed by atoms with Gasteiger partial charge in [0.1, 0.15) is 5.82 Å². The molecule has 2 amide bonds. The van der Waals surface area contributed by atoms with Crippen LogP contribution in [0, 0.1) is 5.82 Å². The molecule has 0 saturated heterocycles. The summed E-state index contributed by atoms with van der Waals surface area (Å²) in [7, 11) is 1.71. The van der Waals surface area contributed by atoms with Crippen LogP contribution >= 0.6 is 0 Å². The van der Waals surface area contributed by atoms with E-state index >= 15 is 0 Å². The number of hydrogen-bond donors (Lipinski definition) is 2. The molecule has 0 heterocycles. The van der Waals surface area contributed by atoms with Crippen LogP contribution in [0.3, 0.4) is 0 Å². The quantitative estimate of drug-likeness (QED) is 0.813. The molecule has 0 saturated carbocycles. The maximum Gasteiger partial charge on any atom is 0.248 e. The first-order valence-electron chi connectivity index (χ1n) is 6.43. The second-order valence-electron chi connectivity index (χ2n) is 4.63. The van der Waals surface area contributed by atoms with Crippen LogP contribution in [0.15, 0.2) is 18.2 Å². The summed E-state index contributed by atoms with van der Waals surface area (Å²) in [5.74, 6) is -1.24. The molecule has 1 atom stereocenters. The number of rotatable bonds is 6. The third-order valence-corrected chi connectivity index (χ3v) is 3.16. The van der Waals surface area contributed by atoms with Crippen LogP contribution in [-0.2, 0) is 11.3 Å². The van der Waals surface area contributed by atoms with Crippen molar-refractivity contribution in [2.45, 2.75) is 26.4 Å². The third kappa shape index (κ3) is 4.03. The van der Waals surface area contributed by atoms with Crippen molar-refractivity contribution in [1.29, 1.82) is 0 Å². The van der Waals surface area contributed by atoms with E-state index in [9.17, 15) is 14.0 Å². The number of benzene rings is 1. The molecule has 0 aliphatic heterocycles. The van der Waals surface area contributed by atoms with Gasteiger partial charge in [-0.3, -0.25) is 9.59 Å². The summed E-state index contributed by atoms with van der Waals surface area (Å²) in [5.41, 5.74) is 5.58. The summed E-state index contributed by atoms with van der Waals surface area (Å²) in [6, 6.07) is 3.65. The first-order chi connectivity index (χ1) is 9.36. The minimum atomic E-state index is -0.670. The summed E-state index contributed by atoms with van der Waals surface area (Å²) in [5, 5.41) is 2.96. The van der Waals surface area contributed by atoms with E-state index in [0.717, 1.165) is 6.07 Å². The summed E-state index contributed by atoms with van der Waals surface area (Å²) in [6.07, 6.45) is 0. The van der Waals surface area contributed by atoms with E-state index in [2.05, 4.69) is 5.32 Å². The van der Waals surface area contributed by atoms with Crippen LogP contribution in [0.1, 0.15) is 29.8 Å². The van der Waals surface area contributed by atoms with Gasteiger partial charge in [0.2, 0.25) is 11.8 Å². The molecule has 1 unspecified atom stereocenters. The highest BCUT2D eigenvalue weighted by molar-refractivity contribution is 5.92. The van der Waals surface area contributed by atoms with E-state index in [-0.39, 0.29) is 18.0 Å². The average molecular weight is 281 g/mol. The van der Waals surface area contributed by atoms with Gasteiger partial charge in [0, 0.05) is 31.3 Å². The van der Waals surface area contributed by atoms with E-state index in [4.69, 9.17) is 5.73 Å². The molecular weight excluding hydrogens is 261 g/mol. The van der Waals surface area contributed by atoms with Gasteiger partial charge in [-0.1, -0.05) is 6.07 Å². The highest BCUT2D eigenvalue weighted by Crippen LogP contribution is 2.10. The van der Waals surface area contributed by atoms with E-state index in [1.807, 2.05) is 6.92 Å². The van der Waals surface area contributed by atoms with Crippen molar-refractivity contribution in [3.05, 3.63) is 35.1 Å². The Morgan fingerprint density at radius 2 is 2.10 bits per heavy atom. The zero-order chi connectivity index (χ0) is 15.3. The average Bonchev–Trinajstić information content (AvgIpc) is 2.43. The number of carbonyl (C=O) groups excluding carboxylic acids is 2.